The molecule has 2 aromatic rings. The summed E-state index contributed by atoms with van der Waals surface area (Å²) in [5.74, 6) is -2.22. The number of hydrogen-bond acceptors (Lipinski definition) is 3. The maximum absolute atomic E-state index is 11.3. The number of benzene rings is 2. The van der Waals surface area contributed by atoms with Crippen molar-refractivity contribution in [3.63, 3.8) is 0 Å². The zero-order valence-corrected chi connectivity index (χ0v) is 11.8. The first-order valence-corrected chi connectivity index (χ1v) is 6.40. The first kappa shape index (κ1) is 14.9. The van der Waals surface area contributed by atoms with Crippen molar-refractivity contribution < 1.29 is 19.8 Å². The van der Waals surface area contributed by atoms with Gasteiger partial charge >= 0.3 is 11.9 Å². The summed E-state index contributed by atoms with van der Waals surface area (Å²) >= 11 is 6.01. The number of nitrogens with one attached hydrogen (secondary N) is 1. The lowest BCUT2D eigenvalue weighted by atomic mass is 10.1. The second-order valence-electron chi connectivity index (χ2n) is 4.43. The largest absolute Gasteiger partial charge is 0.478 e. The molecule has 21 heavy (non-hydrogen) atoms. The zero-order valence-electron chi connectivity index (χ0n) is 11.1. The molecule has 2 rings (SSSR count). The van der Waals surface area contributed by atoms with E-state index in [0.717, 1.165) is 0 Å². The molecule has 0 aliphatic rings. The molecule has 3 N–H and O–H groups in total. The highest BCUT2D eigenvalue weighted by atomic mass is 35.5. The molecule has 0 fully saturated rings. The average Bonchev–Trinajstić information content (AvgIpc) is 2.42. The lowest BCUT2D eigenvalue weighted by molar-refractivity contribution is 0.0688. The number of para-hydroxylation sites is 1. The summed E-state index contributed by atoms with van der Waals surface area (Å²) in [6, 6.07) is 9.15. The van der Waals surface area contributed by atoms with Crippen LogP contribution >= 0.6 is 11.6 Å². The maximum Gasteiger partial charge on any atom is 0.337 e. The molecule has 0 saturated carbocycles. The summed E-state index contributed by atoms with van der Waals surface area (Å²) in [5.41, 5.74) is 1.24. The van der Waals surface area contributed by atoms with Gasteiger partial charge in [-0.05, 0) is 36.8 Å². The summed E-state index contributed by atoms with van der Waals surface area (Å²) in [4.78, 5) is 22.5. The van der Waals surface area contributed by atoms with Crippen molar-refractivity contribution in [2.45, 2.75) is 6.92 Å². The number of anilines is 2. The Bertz CT molecular complexity index is 728. The van der Waals surface area contributed by atoms with Crippen LogP contribution in [-0.4, -0.2) is 22.2 Å². The Hall–Kier alpha value is -2.53. The Morgan fingerprint density at radius 3 is 2.24 bits per heavy atom. The third-order valence-corrected chi connectivity index (χ3v) is 3.36. The van der Waals surface area contributed by atoms with Crippen LogP contribution in [0.1, 0.15) is 26.3 Å². The lowest BCUT2D eigenvalue weighted by Gasteiger charge is -2.13. The van der Waals surface area contributed by atoms with E-state index in [0.29, 0.717) is 16.3 Å². The molecule has 0 unspecified atom stereocenters. The SMILES string of the molecule is Cc1cc(C(=O)O)c(Nc2ccccc2C(=O)O)cc1Cl. The Morgan fingerprint density at radius 2 is 1.62 bits per heavy atom. The molecule has 0 amide bonds. The van der Waals surface area contributed by atoms with Crippen LogP contribution < -0.4 is 5.32 Å². The number of hydrogen-bond donors (Lipinski definition) is 3. The van der Waals surface area contributed by atoms with Crippen LogP contribution in [0.4, 0.5) is 11.4 Å². The van der Waals surface area contributed by atoms with Gasteiger partial charge in [0.1, 0.15) is 0 Å². The maximum atomic E-state index is 11.3. The first-order valence-electron chi connectivity index (χ1n) is 6.03. The highest BCUT2D eigenvalue weighted by Crippen LogP contribution is 2.29. The van der Waals surface area contributed by atoms with E-state index in [4.69, 9.17) is 16.7 Å². The molecule has 108 valence electrons. The van der Waals surface area contributed by atoms with Crippen LogP contribution in [-0.2, 0) is 0 Å². The molecule has 0 atom stereocenters. The van der Waals surface area contributed by atoms with Crippen LogP contribution in [0.25, 0.3) is 0 Å². The van der Waals surface area contributed by atoms with E-state index in [2.05, 4.69) is 5.32 Å². The fraction of sp³-hybridized carbons (Fsp3) is 0.0667. The molecule has 0 saturated heterocycles. The van der Waals surface area contributed by atoms with Gasteiger partial charge in [-0.1, -0.05) is 23.7 Å². The molecule has 2 aromatic carbocycles. The van der Waals surface area contributed by atoms with Crippen LogP contribution in [0.3, 0.4) is 0 Å². The van der Waals surface area contributed by atoms with Gasteiger partial charge in [-0.15, -0.1) is 0 Å². The smallest absolute Gasteiger partial charge is 0.337 e. The van der Waals surface area contributed by atoms with E-state index in [9.17, 15) is 14.7 Å². The van der Waals surface area contributed by atoms with E-state index >= 15 is 0 Å². The van der Waals surface area contributed by atoms with Gasteiger partial charge in [0.2, 0.25) is 0 Å². The Kier molecular flexibility index (Phi) is 4.14. The van der Waals surface area contributed by atoms with E-state index < -0.39 is 11.9 Å². The third kappa shape index (κ3) is 3.14. The summed E-state index contributed by atoms with van der Waals surface area (Å²) in [7, 11) is 0. The monoisotopic (exact) mass is 305 g/mol. The minimum Gasteiger partial charge on any atom is -0.478 e. The summed E-state index contributed by atoms with van der Waals surface area (Å²) in [5, 5.41) is 21.6. The summed E-state index contributed by atoms with van der Waals surface area (Å²) < 4.78 is 0. The molecule has 0 spiro atoms. The van der Waals surface area contributed by atoms with Gasteiger partial charge in [-0.3, -0.25) is 0 Å². The Labute approximate surface area is 125 Å². The lowest BCUT2D eigenvalue weighted by Crippen LogP contribution is -2.07. The minimum atomic E-state index is -1.12. The van der Waals surface area contributed by atoms with Gasteiger partial charge in [0, 0.05) is 5.02 Å². The fourth-order valence-corrected chi connectivity index (χ4v) is 2.05. The number of aromatic carboxylic acids is 2. The predicted molar refractivity (Wildman–Crippen MR) is 79.8 cm³/mol. The van der Waals surface area contributed by atoms with Gasteiger partial charge in [0.15, 0.2) is 0 Å². The quantitative estimate of drug-likeness (QED) is 0.800. The fourth-order valence-electron chi connectivity index (χ4n) is 1.89. The van der Waals surface area contributed by atoms with Gasteiger partial charge in [0.25, 0.3) is 0 Å². The topological polar surface area (TPSA) is 86.6 Å². The minimum absolute atomic E-state index is 0.0251. The van der Waals surface area contributed by atoms with Gasteiger partial charge in [0.05, 0.1) is 22.5 Å². The normalized spacial score (nSPS) is 10.2. The zero-order chi connectivity index (χ0) is 15.6. The second-order valence-corrected chi connectivity index (χ2v) is 4.84. The molecule has 6 heteroatoms. The highest BCUT2D eigenvalue weighted by Gasteiger charge is 2.15. The van der Waals surface area contributed by atoms with E-state index in [1.54, 1.807) is 25.1 Å². The van der Waals surface area contributed by atoms with Crippen LogP contribution in [0.15, 0.2) is 36.4 Å². The number of carbonyl (C=O) groups is 2. The van der Waals surface area contributed by atoms with Crippen molar-refractivity contribution in [2.24, 2.45) is 0 Å². The van der Waals surface area contributed by atoms with Crippen molar-refractivity contribution in [1.82, 2.24) is 0 Å². The van der Waals surface area contributed by atoms with Crippen molar-refractivity contribution >= 4 is 34.9 Å². The average molecular weight is 306 g/mol. The van der Waals surface area contributed by atoms with Gasteiger partial charge in [-0.25, -0.2) is 9.59 Å². The predicted octanol–water partition coefficient (Wildman–Crippen LogP) is 3.79. The third-order valence-electron chi connectivity index (χ3n) is 2.96. The van der Waals surface area contributed by atoms with Crippen molar-refractivity contribution in [3.05, 3.63) is 58.1 Å². The Balaban J connectivity index is 2.52. The van der Waals surface area contributed by atoms with E-state index in [1.807, 2.05) is 0 Å². The standard InChI is InChI=1S/C15H12ClNO4/c1-8-6-10(15(20)21)13(7-11(8)16)17-12-5-3-2-4-9(12)14(18)19/h2-7,17H,1H3,(H,18,19)(H,20,21). The molecule has 0 radical (unpaired) electrons. The molecule has 0 aromatic heterocycles. The molecule has 5 nitrogen and oxygen atoms in total. The van der Waals surface area contributed by atoms with Crippen LogP contribution in [0.2, 0.25) is 5.02 Å². The summed E-state index contributed by atoms with van der Waals surface area (Å²) in [6.45, 7) is 1.70. The molecular formula is C15H12ClNO4. The van der Waals surface area contributed by atoms with Gasteiger partial charge < -0.3 is 15.5 Å². The number of halogens is 1. The number of carboxylic acids is 2. The molecule has 0 aliphatic carbocycles. The molecular weight excluding hydrogens is 294 g/mol. The first-order chi connectivity index (χ1) is 9.90. The number of aryl methyl sites for hydroxylation is 1. The Morgan fingerprint density at radius 1 is 1.00 bits per heavy atom. The highest BCUT2D eigenvalue weighted by molar-refractivity contribution is 6.31. The van der Waals surface area contributed by atoms with Crippen LogP contribution in [0, 0.1) is 6.92 Å². The van der Waals surface area contributed by atoms with Gasteiger partial charge in [-0.2, -0.15) is 0 Å². The number of rotatable bonds is 4. The van der Waals surface area contributed by atoms with Crippen LogP contribution in [0.5, 0.6) is 0 Å². The van der Waals surface area contributed by atoms with Crippen molar-refractivity contribution in [1.29, 1.82) is 0 Å². The molecule has 0 bridgehead atoms. The second kappa shape index (κ2) is 5.85. The number of carboxylic acid groups (broad SMARTS) is 2. The van der Waals surface area contributed by atoms with Crippen molar-refractivity contribution in [2.75, 3.05) is 5.32 Å². The molecule has 0 heterocycles. The summed E-state index contributed by atoms with van der Waals surface area (Å²) in [6.07, 6.45) is 0. The van der Waals surface area contributed by atoms with Crippen molar-refractivity contribution in [3.8, 4) is 0 Å². The van der Waals surface area contributed by atoms with E-state index in [-0.39, 0.29) is 16.8 Å². The van der Waals surface area contributed by atoms with E-state index in [1.165, 1.54) is 18.2 Å². The molecule has 0 aliphatic heterocycles.